The number of carbonyl (C=O) groups is 1. The van der Waals surface area contributed by atoms with E-state index in [2.05, 4.69) is 5.32 Å². The number of thioether (sulfide) groups is 1. The number of primary sulfonamides is 1. The molecule has 0 aromatic heterocycles. The first kappa shape index (κ1) is 15.6. The Labute approximate surface area is 127 Å². The lowest BCUT2D eigenvalue weighted by Gasteiger charge is -2.06. The fourth-order valence-corrected chi connectivity index (χ4v) is 2.60. The van der Waals surface area contributed by atoms with Crippen molar-refractivity contribution in [2.75, 3.05) is 11.6 Å². The highest BCUT2D eigenvalue weighted by molar-refractivity contribution is 7.98. The van der Waals surface area contributed by atoms with E-state index in [1.165, 1.54) is 24.3 Å². The van der Waals surface area contributed by atoms with Crippen LogP contribution in [0.5, 0.6) is 0 Å². The van der Waals surface area contributed by atoms with Crippen LogP contribution in [0.3, 0.4) is 0 Å². The Balaban J connectivity index is 2.12. The van der Waals surface area contributed by atoms with Crippen molar-refractivity contribution >= 4 is 33.4 Å². The molecule has 3 N–H and O–H groups in total. The Kier molecular flexibility index (Phi) is 4.66. The lowest BCUT2D eigenvalue weighted by molar-refractivity contribution is 0.102. The summed E-state index contributed by atoms with van der Waals surface area (Å²) in [4.78, 5) is 13.1. The lowest BCUT2D eigenvalue weighted by atomic mass is 10.2. The predicted molar refractivity (Wildman–Crippen MR) is 84.0 cm³/mol. The second kappa shape index (κ2) is 6.30. The number of sulfonamides is 1. The van der Waals surface area contributed by atoms with E-state index in [1.54, 1.807) is 23.9 Å². The van der Waals surface area contributed by atoms with Crippen molar-refractivity contribution < 1.29 is 13.2 Å². The van der Waals surface area contributed by atoms with Crippen molar-refractivity contribution in [1.82, 2.24) is 0 Å². The van der Waals surface area contributed by atoms with Crippen LogP contribution >= 0.6 is 11.8 Å². The van der Waals surface area contributed by atoms with Gasteiger partial charge in [0.05, 0.1) is 4.90 Å². The van der Waals surface area contributed by atoms with Gasteiger partial charge in [0.1, 0.15) is 0 Å². The number of amides is 1. The second-order valence-corrected chi connectivity index (χ2v) is 6.69. The third kappa shape index (κ3) is 4.07. The zero-order valence-electron chi connectivity index (χ0n) is 11.2. The Morgan fingerprint density at radius 1 is 1.05 bits per heavy atom. The highest BCUT2D eigenvalue weighted by Crippen LogP contribution is 2.17. The van der Waals surface area contributed by atoms with Crippen LogP contribution in [0.15, 0.2) is 58.3 Å². The minimum absolute atomic E-state index is 0.00447. The summed E-state index contributed by atoms with van der Waals surface area (Å²) < 4.78 is 22.3. The number of nitrogens with two attached hydrogens (primary N) is 1. The monoisotopic (exact) mass is 322 g/mol. The molecule has 0 aliphatic carbocycles. The van der Waals surface area contributed by atoms with Crippen LogP contribution in [-0.4, -0.2) is 20.6 Å². The molecule has 0 fully saturated rings. The molecule has 0 saturated carbocycles. The average Bonchev–Trinajstić information content (AvgIpc) is 2.47. The van der Waals surface area contributed by atoms with Gasteiger partial charge < -0.3 is 5.32 Å². The van der Waals surface area contributed by atoms with Gasteiger partial charge in [0.2, 0.25) is 10.0 Å². The van der Waals surface area contributed by atoms with Gasteiger partial charge in [0, 0.05) is 16.1 Å². The summed E-state index contributed by atoms with van der Waals surface area (Å²) >= 11 is 1.60. The highest BCUT2D eigenvalue weighted by Gasteiger charge is 2.09. The molecular weight excluding hydrogens is 308 g/mol. The van der Waals surface area contributed by atoms with E-state index >= 15 is 0 Å². The van der Waals surface area contributed by atoms with Crippen molar-refractivity contribution in [3.8, 4) is 0 Å². The fraction of sp³-hybridized carbons (Fsp3) is 0.0714. The zero-order chi connectivity index (χ0) is 15.5. The topological polar surface area (TPSA) is 89.3 Å². The predicted octanol–water partition coefficient (Wildman–Crippen LogP) is 2.31. The third-order valence-corrected chi connectivity index (χ3v) is 4.47. The molecule has 5 nitrogen and oxygen atoms in total. The minimum Gasteiger partial charge on any atom is -0.322 e. The molecule has 2 aromatic rings. The first-order valence-corrected chi connectivity index (χ1v) is 8.75. The van der Waals surface area contributed by atoms with E-state index in [0.717, 1.165) is 4.90 Å². The van der Waals surface area contributed by atoms with Crippen LogP contribution in [0.2, 0.25) is 0 Å². The smallest absolute Gasteiger partial charge is 0.255 e. The molecule has 7 heteroatoms. The zero-order valence-corrected chi connectivity index (χ0v) is 12.9. The van der Waals surface area contributed by atoms with E-state index in [0.29, 0.717) is 11.3 Å². The first-order chi connectivity index (χ1) is 9.90. The van der Waals surface area contributed by atoms with Gasteiger partial charge in [-0.25, -0.2) is 13.6 Å². The van der Waals surface area contributed by atoms with Crippen molar-refractivity contribution in [2.45, 2.75) is 9.79 Å². The van der Waals surface area contributed by atoms with Gasteiger partial charge in [0.15, 0.2) is 0 Å². The minimum atomic E-state index is -3.72. The SMILES string of the molecule is CSc1ccc(C(=O)Nc2ccc(S(N)(=O)=O)cc2)cc1. The molecule has 0 aliphatic heterocycles. The fourth-order valence-electron chi connectivity index (χ4n) is 1.67. The third-order valence-electron chi connectivity index (χ3n) is 2.79. The summed E-state index contributed by atoms with van der Waals surface area (Å²) in [5.74, 6) is -0.258. The summed E-state index contributed by atoms with van der Waals surface area (Å²) in [5.41, 5.74) is 1.03. The van der Waals surface area contributed by atoms with Gasteiger partial charge in [-0.3, -0.25) is 4.79 Å². The van der Waals surface area contributed by atoms with Crippen LogP contribution in [0.4, 0.5) is 5.69 Å². The van der Waals surface area contributed by atoms with E-state index in [9.17, 15) is 13.2 Å². The molecule has 0 aliphatic rings. The molecule has 0 bridgehead atoms. The van der Waals surface area contributed by atoms with Crippen LogP contribution in [0.1, 0.15) is 10.4 Å². The Morgan fingerprint density at radius 2 is 1.62 bits per heavy atom. The van der Waals surface area contributed by atoms with Crippen molar-refractivity contribution in [1.29, 1.82) is 0 Å². The van der Waals surface area contributed by atoms with Gasteiger partial charge in [-0.2, -0.15) is 0 Å². The molecular formula is C14H14N2O3S2. The number of hydrogen-bond acceptors (Lipinski definition) is 4. The molecule has 0 saturated heterocycles. The summed E-state index contributed by atoms with van der Waals surface area (Å²) in [5, 5.41) is 7.70. The largest absolute Gasteiger partial charge is 0.322 e. The molecule has 0 unspecified atom stereocenters. The van der Waals surface area contributed by atoms with E-state index < -0.39 is 10.0 Å². The summed E-state index contributed by atoms with van der Waals surface area (Å²) in [7, 11) is -3.72. The molecule has 110 valence electrons. The quantitative estimate of drug-likeness (QED) is 0.845. The summed E-state index contributed by atoms with van der Waals surface area (Å²) in [6.45, 7) is 0. The van der Waals surface area contributed by atoms with Gasteiger partial charge in [-0.15, -0.1) is 11.8 Å². The molecule has 2 rings (SSSR count). The van der Waals surface area contributed by atoms with Crippen molar-refractivity contribution in [3.63, 3.8) is 0 Å². The maximum absolute atomic E-state index is 12.0. The van der Waals surface area contributed by atoms with Crippen LogP contribution < -0.4 is 10.5 Å². The number of nitrogens with one attached hydrogen (secondary N) is 1. The Morgan fingerprint density at radius 3 is 2.10 bits per heavy atom. The standard InChI is InChI=1S/C14H14N2O3S2/c1-20-12-6-2-10(3-7-12)14(17)16-11-4-8-13(9-5-11)21(15,18)19/h2-9H,1H3,(H,16,17)(H2,15,18,19). The Hall–Kier alpha value is -1.83. The molecule has 0 radical (unpaired) electrons. The maximum atomic E-state index is 12.0. The number of hydrogen-bond donors (Lipinski definition) is 2. The number of carbonyl (C=O) groups excluding carboxylic acids is 1. The lowest BCUT2D eigenvalue weighted by Crippen LogP contribution is -2.13. The van der Waals surface area contributed by atoms with Crippen molar-refractivity contribution in [3.05, 3.63) is 54.1 Å². The van der Waals surface area contributed by atoms with Gasteiger partial charge in [-0.05, 0) is 54.8 Å². The second-order valence-electron chi connectivity index (χ2n) is 4.25. The maximum Gasteiger partial charge on any atom is 0.255 e. The molecule has 0 atom stereocenters. The molecule has 1 amide bonds. The van der Waals surface area contributed by atoms with Gasteiger partial charge >= 0.3 is 0 Å². The number of rotatable bonds is 4. The summed E-state index contributed by atoms with van der Waals surface area (Å²) in [6, 6.07) is 12.9. The van der Waals surface area contributed by atoms with E-state index in [4.69, 9.17) is 5.14 Å². The van der Waals surface area contributed by atoms with Crippen LogP contribution in [-0.2, 0) is 10.0 Å². The van der Waals surface area contributed by atoms with Crippen LogP contribution in [0.25, 0.3) is 0 Å². The molecule has 2 aromatic carbocycles. The van der Waals surface area contributed by atoms with Gasteiger partial charge in [0.25, 0.3) is 5.91 Å². The van der Waals surface area contributed by atoms with E-state index in [-0.39, 0.29) is 10.8 Å². The molecule has 21 heavy (non-hydrogen) atoms. The average molecular weight is 322 g/mol. The summed E-state index contributed by atoms with van der Waals surface area (Å²) in [6.07, 6.45) is 1.96. The molecule has 0 heterocycles. The number of anilines is 1. The van der Waals surface area contributed by atoms with E-state index in [1.807, 2.05) is 18.4 Å². The Bertz CT molecular complexity index is 739. The highest BCUT2D eigenvalue weighted by atomic mass is 32.2. The molecule has 0 spiro atoms. The van der Waals surface area contributed by atoms with Gasteiger partial charge in [-0.1, -0.05) is 0 Å². The van der Waals surface area contributed by atoms with Crippen molar-refractivity contribution in [2.24, 2.45) is 5.14 Å². The number of benzene rings is 2. The van der Waals surface area contributed by atoms with Crippen LogP contribution in [0, 0.1) is 0 Å². The normalized spacial score (nSPS) is 11.1. The first-order valence-electron chi connectivity index (χ1n) is 5.98.